The highest BCUT2D eigenvalue weighted by Gasteiger charge is 2.24. The van der Waals surface area contributed by atoms with Gasteiger partial charge in [0.2, 0.25) is 0 Å². The predicted molar refractivity (Wildman–Crippen MR) is 134 cm³/mol. The molecule has 1 aromatic rings. The Morgan fingerprint density at radius 1 is 1.07 bits per heavy atom. The summed E-state index contributed by atoms with van der Waals surface area (Å²) in [4.78, 5) is 4.96. The van der Waals surface area contributed by atoms with Crippen LogP contribution in [0.2, 0.25) is 10.0 Å². The summed E-state index contributed by atoms with van der Waals surface area (Å²) in [7, 11) is 0. The second-order valence-electron chi connectivity index (χ2n) is 9.76. The average Bonchev–Trinajstić information content (AvgIpc) is 2.69. The zero-order valence-electron chi connectivity index (χ0n) is 18.5. The van der Waals surface area contributed by atoms with E-state index in [9.17, 15) is 0 Å². The minimum Gasteiger partial charge on any atom is -0.368 e. The molecule has 1 aliphatic carbocycles. The summed E-state index contributed by atoms with van der Waals surface area (Å²) in [5.74, 6) is 0.840. The van der Waals surface area contributed by atoms with Crippen molar-refractivity contribution in [1.29, 1.82) is 0 Å². The molecule has 0 bridgehead atoms. The number of anilines is 1. The van der Waals surface area contributed by atoms with Gasteiger partial charge < -0.3 is 15.5 Å². The maximum Gasteiger partial charge on any atom is 0.166 e. The Labute approximate surface area is 197 Å². The molecule has 1 aliphatic heterocycles. The van der Waals surface area contributed by atoms with Gasteiger partial charge >= 0.3 is 0 Å². The van der Waals surface area contributed by atoms with Gasteiger partial charge in [0.25, 0.3) is 0 Å². The second-order valence-corrected chi connectivity index (χ2v) is 10.9. The Hall–Kier alpha value is -0.750. The molecule has 0 radical (unpaired) electrons. The largest absolute Gasteiger partial charge is 0.368 e. The number of halogens is 2. The summed E-state index contributed by atoms with van der Waals surface area (Å²) in [6.07, 6.45) is 6.34. The van der Waals surface area contributed by atoms with Gasteiger partial charge in [-0.2, -0.15) is 0 Å². The minimum atomic E-state index is 0.0173. The Kier molecular flexibility index (Phi) is 8.54. The van der Waals surface area contributed by atoms with Crippen LogP contribution < -0.4 is 15.5 Å². The van der Waals surface area contributed by atoms with Gasteiger partial charge in [0.05, 0.1) is 15.7 Å². The standard InChI is InChI=1S/C23H36Cl2N4S/c1-23(2,3)27-22(30)26-18-9-7-17(8-10-18)11-12-28-13-15-29(16-14-28)20-6-4-5-19(24)21(20)25/h4-6,17-18H,7-16H2,1-3H3,(H2,26,27,30)/t17-,18-. The fourth-order valence-corrected chi connectivity index (χ4v) is 5.36. The monoisotopic (exact) mass is 470 g/mol. The third-order valence-electron chi connectivity index (χ3n) is 6.17. The van der Waals surface area contributed by atoms with E-state index in [1.54, 1.807) is 0 Å². The summed E-state index contributed by atoms with van der Waals surface area (Å²) in [6.45, 7) is 11.8. The summed E-state index contributed by atoms with van der Waals surface area (Å²) in [6, 6.07) is 6.42. The average molecular weight is 472 g/mol. The third-order valence-corrected chi connectivity index (χ3v) is 7.20. The van der Waals surface area contributed by atoms with Gasteiger partial charge in [-0.05, 0) is 89.7 Å². The number of nitrogens with zero attached hydrogens (tertiary/aromatic N) is 2. The number of thiocarbonyl (C=S) groups is 1. The van der Waals surface area contributed by atoms with Crippen molar-refractivity contribution in [3.63, 3.8) is 0 Å². The van der Waals surface area contributed by atoms with Crippen molar-refractivity contribution >= 4 is 46.2 Å². The first-order valence-electron chi connectivity index (χ1n) is 11.2. The highest BCUT2D eigenvalue weighted by atomic mass is 35.5. The molecule has 1 saturated carbocycles. The summed E-state index contributed by atoms with van der Waals surface area (Å²) in [5.41, 5.74) is 1.08. The SMILES string of the molecule is CC(C)(C)NC(=S)N[C@H]1CC[C@H](CCN2CCN(c3cccc(Cl)c3Cl)CC2)CC1. The first-order valence-corrected chi connectivity index (χ1v) is 12.4. The maximum atomic E-state index is 6.40. The van der Waals surface area contributed by atoms with Crippen LogP contribution in [0.4, 0.5) is 5.69 Å². The number of benzene rings is 1. The van der Waals surface area contributed by atoms with E-state index in [0.29, 0.717) is 16.1 Å². The number of piperazine rings is 1. The van der Waals surface area contributed by atoms with Gasteiger partial charge in [-0.25, -0.2) is 0 Å². The summed E-state index contributed by atoms with van der Waals surface area (Å²) < 4.78 is 0. The fraction of sp³-hybridized carbons (Fsp3) is 0.696. The van der Waals surface area contributed by atoms with Crippen LogP contribution in [-0.2, 0) is 0 Å². The lowest BCUT2D eigenvalue weighted by Gasteiger charge is -2.37. The van der Waals surface area contributed by atoms with E-state index in [-0.39, 0.29) is 5.54 Å². The van der Waals surface area contributed by atoms with Gasteiger partial charge in [0.15, 0.2) is 5.11 Å². The van der Waals surface area contributed by atoms with Crippen LogP contribution in [0.5, 0.6) is 0 Å². The molecule has 1 aromatic carbocycles. The van der Waals surface area contributed by atoms with Gasteiger partial charge in [-0.15, -0.1) is 0 Å². The zero-order chi connectivity index (χ0) is 21.7. The molecular weight excluding hydrogens is 435 g/mol. The lowest BCUT2D eigenvalue weighted by molar-refractivity contribution is 0.214. The van der Waals surface area contributed by atoms with Crippen LogP contribution in [0.3, 0.4) is 0 Å². The van der Waals surface area contributed by atoms with E-state index < -0.39 is 0 Å². The minimum absolute atomic E-state index is 0.0173. The van der Waals surface area contributed by atoms with Crippen molar-refractivity contribution in [2.24, 2.45) is 5.92 Å². The predicted octanol–water partition coefficient (Wildman–Crippen LogP) is 5.33. The quantitative estimate of drug-likeness (QED) is 0.567. The highest BCUT2D eigenvalue weighted by Crippen LogP contribution is 2.33. The van der Waals surface area contributed by atoms with Crippen LogP contribution in [0, 0.1) is 5.92 Å². The van der Waals surface area contributed by atoms with Crippen molar-refractivity contribution in [3.05, 3.63) is 28.2 Å². The topological polar surface area (TPSA) is 30.5 Å². The molecule has 0 spiro atoms. The molecule has 2 N–H and O–H groups in total. The van der Waals surface area contributed by atoms with E-state index in [0.717, 1.165) is 42.9 Å². The first-order chi connectivity index (χ1) is 14.2. The van der Waals surface area contributed by atoms with Crippen molar-refractivity contribution in [2.75, 3.05) is 37.6 Å². The molecule has 30 heavy (non-hydrogen) atoms. The van der Waals surface area contributed by atoms with Gasteiger partial charge in [0, 0.05) is 37.8 Å². The van der Waals surface area contributed by atoms with Crippen LogP contribution in [0.15, 0.2) is 18.2 Å². The van der Waals surface area contributed by atoms with Crippen molar-refractivity contribution in [1.82, 2.24) is 15.5 Å². The van der Waals surface area contributed by atoms with Crippen molar-refractivity contribution in [2.45, 2.75) is 64.5 Å². The molecule has 4 nitrogen and oxygen atoms in total. The van der Waals surface area contributed by atoms with Crippen molar-refractivity contribution in [3.8, 4) is 0 Å². The van der Waals surface area contributed by atoms with Gasteiger partial charge in [-0.3, -0.25) is 4.90 Å². The first kappa shape index (κ1) is 23.9. The fourth-order valence-electron chi connectivity index (χ4n) is 4.47. The molecule has 0 aromatic heterocycles. The van der Waals surface area contributed by atoms with E-state index in [1.165, 1.54) is 38.6 Å². The highest BCUT2D eigenvalue weighted by molar-refractivity contribution is 7.80. The second kappa shape index (κ2) is 10.7. The Morgan fingerprint density at radius 2 is 1.73 bits per heavy atom. The molecule has 7 heteroatoms. The molecule has 0 amide bonds. The third kappa shape index (κ3) is 7.15. The molecule has 2 aliphatic rings. The normalized spacial score (nSPS) is 23.3. The molecule has 168 valence electrons. The number of nitrogens with one attached hydrogen (secondary N) is 2. The maximum absolute atomic E-state index is 6.40. The molecule has 3 rings (SSSR count). The number of rotatable bonds is 5. The van der Waals surface area contributed by atoms with Crippen molar-refractivity contribution < 1.29 is 0 Å². The number of hydrogen-bond donors (Lipinski definition) is 2. The Balaban J connectivity index is 1.34. The van der Waals surface area contributed by atoms with Crippen LogP contribution in [0.1, 0.15) is 52.9 Å². The van der Waals surface area contributed by atoms with E-state index >= 15 is 0 Å². The Bertz CT molecular complexity index is 706. The smallest absolute Gasteiger partial charge is 0.166 e. The summed E-state index contributed by atoms with van der Waals surface area (Å²) >= 11 is 18.0. The molecule has 0 unspecified atom stereocenters. The van der Waals surface area contributed by atoms with Crippen LogP contribution >= 0.6 is 35.4 Å². The molecule has 1 heterocycles. The van der Waals surface area contributed by atoms with E-state index in [1.807, 2.05) is 12.1 Å². The van der Waals surface area contributed by atoms with Crippen LogP contribution in [0.25, 0.3) is 0 Å². The molecule has 2 fully saturated rings. The van der Waals surface area contributed by atoms with Crippen LogP contribution in [-0.4, -0.2) is 54.3 Å². The number of hydrogen-bond acceptors (Lipinski definition) is 3. The molecular formula is C23H36Cl2N4S. The summed E-state index contributed by atoms with van der Waals surface area (Å²) in [5, 5.41) is 8.98. The van der Waals surface area contributed by atoms with Gasteiger partial charge in [-0.1, -0.05) is 29.3 Å². The lowest BCUT2D eigenvalue weighted by atomic mass is 9.84. The van der Waals surface area contributed by atoms with E-state index in [2.05, 4.69) is 47.3 Å². The molecule has 0 atom stereocenters. The lowest BCUT2D eigenvalue weighted by Crippen LogP contribution is -2.50. The Morgan fingerprint density at radius 3 is 2.37 bits per heavy atom. The zero-order valence-corrected chi connectivity index (χ0v) is 20.8. The molecule has 1 saturated heterocycles. The van der Waals surface area contributed by atoms with E-state index in [4.69, 9.17) is 35.4 Å². The van der Waals surface area contributed by atoms with Gasteiger partial charge in [0.1, 0.15) is 0 Å².